The van der Waals surface area contributed by atoms with Crippen molar-refractivity contribution in [2.45, 2.75) is 32.4 Å². The molecule has 0 atom stereocenters. The Balaban J connectivity index is 2.55. The van der Waals surface area contributed by atoms with Gasteiger partial charge >= 0.3 is 0 Å². The van der Waals surface area contributed by atoms with E-state index in [1.54, 1.807) is 10.6 Å². The maximum Gasteiger partial charge on any atom is 0.166 e. The van der Waals surface area contributed by atoms with Gasteiger partial charge in [0.1, 0.15) is 11.3 Å². The fourth-order valence-corrected chi connectivity index (χ4v) is 2.90. The Hall–Kier alpha value is 0.0869. The summed E-state index contributed by atoms with van der Waals surface area (Å²) in [4.78, 5) is 10.9. The van der Waals surface area contributed by atoms with Gasteiger partial charge in [-0.05, 0) is 44.0 Å². The van der Waals surface area contributed by atoms with Gasteiger partial charge in [-0.1, -0.05) is 19.6 Å². The lowest BCUT2D eigenvalue weighted by Crippen LogP contribution is -2.22. The number of carbonyl (C=O) groups excluding carboxylic acids is 1. The molecule has 0 aliphatic heterocycles. The Morgan fingerprint density at radius 3 is 2.59 bits per heavy atom. The van der Waals surface area contributed by atoms with Crippen LogP contribution in [0.4, 0.5) is 0 Å². The molecule has 0 aliphatic rings. The minimum absolute atomic E-state index is 0.407. The second-order valence-electron chi connectivity index (χ2n) is 5.10. The lowest BCUT2D eigenvalue weighted by atomic mass is 10.5. The summed E-state index contributed by atoms with van der Waals surface area (Å²) in [5, 5.41) is 0. The topological polar surface area (TPSA) is 31.2 Å². The first-order valence-electron chi connectivity index (χ1n) is 5.42. The zero-order valence-electron chi connectivity index (χ0n) is 10.3. The summed E-state index contributed by atoms with van der Waals surface area (Å²) in [5.41, 5.74) is 0.608. The van der Waals surface area contributed by atoms with Crippen LogP contribution in [0.15, 0.2) is 15.1 Å². The lowest BCUT2D eigenvalue weighted by molar-refractivity contribution is 0.0824. The van der Waals surface area contributed by atoms with E-state index < -0.39 is 8.07 Å². The molecule has 0 N–H and O–H groups in total. The van der Waals surface area contributed by atoms with E-state index in [4.69, 9.17) is 4.74 Å². The Bertz CT molecular complexity index is 399. The Kier molecular flexibility index (Phi) is 5.62. The predicted octanol–water partition coefficient (Wildman–Crippen LogP) is 4.14. The van der Waals surface area contributed by atoms with E-state index in [2.05, 4.69) is 51.5 Å². The van der Waals surface area contributed by atoms with Crippen molar-refractivity contribution in [2.75, 3.05) is 6.61 Å². The number of hydrogen-bond acceptors (Lipinski definition) is 2. The van der Waals surface area contributed by atoms with E-state index in [0.29, 0.717) is 12.4 Å². The monoisotopic (exact) mass is 381 g/mol. The highest BCUT2D eigenvalue weighted by Crippen LogP contribution is 2.26. The van der Waals surface area contributed by atoms with E-state index in [1.807, 2.05) is 0 Å². The van der Waals surface area contributed by atoms with Crippen LogP contribution in [0.3, 0.4) is 0 Å². The Morgan fingerprint density at radius 2 is 2.06 bits per heavy atom. The molecule has 0 fully saturated rings. The second-order valence-corrected chi connectivity index (χ2v) is 12.3. The smallest absolute Gasteiger partial charge is 0.166 e. The van der Waals surface area contributed by atoms with Crippen LogP contribution in [-0.2, 0) is 11.5 Å². The van der Waals surface area contributed by atoms with Crippen LogP contribution in [-0.4, -0.2) is 25.5 Å². The van der Waals surface area contributed by atoms with Crippen molar-refractivity contribution in [1.29, 1.82) is 0 Å². The fraction of sp³-hybridized carbons (Fsp3) is 0.545. The summed E-state index contributed by atoms with van der Waals surface area (Å²) >= 11 is 6.79. The minimum atomic E-state index is -1.05. The molecule has 17 heavy (non-hydrogen) atoms. The maximum atomic E-state index is 10.9. The number of halogens is 2. The summed E-state index contributed by atoms with van der Waals surface area (Å²) in [6, 6.07) is 2.91. The summed E-state index contributed by atoms with van der Waals surface area (Å²) < 4.78 is 9.14. The van der Waals surface area contributed by atoms with Crippen LogP contribution in [0.25, 0.3) is 0 Å². The van der Waals surface area contributed by atoms with E-state index in [0.717, 1.165) is 28.0 Å². The van der Waals surface area contributed by atoms with Crippen molar-refractivity contribution in [3.05, 3.63) is 20.8 Å². The Labute approximate surface area is 120 Å². The van der Waals surface area contributed by atoms with E-state index >= 15 is 0 Å². The summed E-state index contributed by atoms with van der Waals surface area (Å²) in [7, 11) is -1.05. The average molecular weight is 383 g/mol. The lowest BCUT2D eigenvalue weighted by Gasteiger charge is -2.16. The van der Waals surface area contributed by atoms with Gasteiger partial charge in [0.25, 0.3) is 0 Å². The van der Waals surface area contributed by atoms with E-state index in [1.165, 1.54) is 0 Å². The summed E-state index contributed by atoms with van der Waals surface area (Å²) in [5.74, 6) is 0. The van der Waals surface area contributed by atoms with Gasteiger partial charge < -0.3 is 9.30 Å². The molecule has 0 bridgehead atoms. The highest BCUT2D eigenvalue weighted by Gasteiger charge is 2.13. The average Bonchev–Trinajstić information content (AvgIpc) is 2.49. The molecule has 0 amide bonds. The van der Waals surface area contributed by atoms with Crippen molar-refractivity contribution in [3.63, 3.8) is 0 Å². The van der Waals surface area contributed by atoms with Gasteiger partial charge in [0.2, 0.25) is 0 Å². The van der Waals surface area contributed by atoms with Crippen LogP contribution in [0, 0.1) is 0 Å². The van der Waals surface area contributed by atoms with Crippen LogP contribution in [0.5, 0.6) is 0 Å². The SMILES string of the molecule is C[Si](C)(C)CCOCn1c(C=O)cc(Br)c1Br. The quantitative estimate of drug-likeness (QED) is 0.420. The number of ether oxygens (including phenoxy) is 1. The van der Waals surface area contributed by atoms with Crippen LogP contribution < -0.4 is 0 Å². The number of rotatable bonds is 6. The van der Waals surface area contributed by atoms with E-state index in [-0.39, 0.29) is 0 Å². The molecule has 0 unspecified atom stereocenters. The minimum Gasteiger partial charge on any atom is -0.361 e. The number of hydrogen-bond donors (Lipinski definition) is 0. The normalized spacial score (nSPS) is 11.8. The van der Waals surface area contributed by atoms with Crippen LogP contribution in [0.1, 0.15) is 10.5 Å². The third-order valence-corrected chi connectivity index (χ3v) is 6.05. The number of aldehydes is 1. The molecule has 96 valence electrons. The second kappa shape index (κ2) is 6.31. The first kappa shape index (κ1) is 15.1. The van der Waals surface area contributed by atoms with Gasteiger partial charge in [0.05, 0.1) is 10.2 Å². The molecule has 1 aromatic heterocycles. The van der Waals surface area contributed by atoms with Crippen molar-refractivity contribution in [3.8, 4) is 0 Å². The molecule has 0 aliphatic carbocycles. The number of aromatic nitrogens is 1. The molecule has 0 saturated heterocycles. The van der Waals surface area contributed by atoms with E-state index in [9.17, 15) is 4.79 Å². The molecule has 6 heteroatoms. The molecular weight excluding hydrogens is 366 g/mol. The molecule has 0 spiro atoms. The largest absolute Gasteiger partial charge is 0.361 e. The van der Waals surface area contributed by atoms with Gasteiger partial charge in [0, 0.05) is 14.7 Å². The summed E-state index contributed by atoms with van der Waals surface area (Å²) in [6.07, 6.45) is 0.831. The zero-order valence-corrected chi connectivity index (χ0v) is 14.5. The highest BCUT2D eigenvalue weighted by molar-refractivity contribution is 9.13. The molecular formula is C11H17Br2NO2Si. The molecule has 1 heterocycles. The molecule has 0 saturated carbocycles. The molecule has 0 aromatic carbocycles. The molecule has 0 radical (unpaired) electrons. The van der Waals surface area contributed by atoms with Gasteiger partial charge in [0.15, 0.2) is 6.29 Å². The van der Waals surface area contributed by atoms with Crippen molar-refractivity contribution in [1.82, 2.24) is 4.57 Å². The van der Waals surface area contributed by atoms with Crippen molar-refractivity contribution in [2.24, 2.45) is 0 Å². The number of nitrogens with zero attached hydrogens (tertiary/aromatic N) is 1. The maximum absolute atomic E-state index is 10.9. The third-order valence-electron chi connectivity index (χ3n) is 2.36. The van der Waals surface area contributed by atoms with Gasteiger partial charge in [-0.25, -0.2) is 0 Å². The number of carbonyl (C=O) groups is 1. The summed E-state index contributed by atoms with van der Waals surface area (Å²) in [6.45, 7) is 8.10. The van der Waals surface area contributed by atoms with Crippen molar-refractivity contribution < 1.29 is 9.53 Å². The van der Waals surface area contributed by atoms with Gasteiger partial charge in [-0.15, -0.1) is 0 Å². The van der Waals surface area contributed by atoms with Crippen molar-refractivity contribution >= 4 is 46.2 Å². The molecule has 3 nitrogen and oxygen atoms in total. The van der Waals surface area contributed by atoms with Gasteiger partial charge in [-0.2, -0.15) is 0 Å². The Morgan fingerprint density at radius 1 is 1.41 bits per heavy atom. The first-order chi connectivity index (χ1) is 7.85. The fourth-order valence-electron chi connectivity index (χ4n) is 1.27. The van der Waals surface area contributed by atoms with Crippen LogP contribution >= 0.6 is 31.9 Å². The first-order valence-corrected chi connectivity index (χ1v) is 10.7. The molecule has 1 rings (SSSR count). The zero-order chi connectivity index (χ0) is 13.1. The standard InChI is InChI=1S/C11H17Br2NO2Si/c1-17(2,3)5-4-16-8-14-9(7-15)6-10(12)11(14)13/h6-7H,4-5,8H2,1-3H3. The van der Waals surface area contributed by atoms with Gasteiger partial charge in [-0.3, -0.25) is 4.79 Å². The third kappa shape index (κ3) is 4.69. The van der Waals surface area contributed by atoms with Crippen LogP contribution in [0.2, 0.25) is 25.7 Å². The predicted molar refractivity (Wildman–Crippen MR) is 79.3 cm³/mol. The molecule has 1 aromatic rings. The highest BCUT2D eigenvalue weighted by atomic mass is 79.9.